The molecule has 0 radical (unpaired) electrons. The summed E-state index contributed by atoms with van der Waals surface area (Å²) < 4.78 is 5.49. The van der Waals surface area contributed by atoms with Crippen LogP contribution in [0.1, 0.15) is 22.0 Å². The van der Waals surface area contributed by atoms with Gasteiger partial charge in [0.2, 0.25) is 0 Å². The van der Waals surface area contributed by atoms with Crippen LogP contribution in [-0.2, 0) is 6.54 Å². The number of benzene rings is 1. The smallest absolute Gasteiger partial charge is 0.191 e. The molecule has 1 unspecified atom stereocenters. The van der Waals surface area contributed by atoms with Crippen molar-refractivity contribution in [1.29, 1.82) is 0 Å². The Labute approximate surface area is 159 Å². The monoisotopic (exact) mass is 373 g/mol. The zero-order valence-electron chi connectivity index (χ0n) is 15.9. The van der Waals surface area contributed by atoms with Gasteiger partial charge in [-0.1, -0.05) is 12.1 Å². The van der Waals surface area contributed by atoms with Crippen LogP contribution in [0.3, 0.4) is 0 Å². The highest BCUT2D eigenvalue weighted by Crippen LogP contribution is 2.30. The number of hydrogen-bond acceptors (Lipinski definition) is 5. The summed E-state index contributed by atoms with van der Waals surface area (Å²) in [5.74, 6) is 1.76. The molecule has 0 saturated carbocycles. The number of guanidine groups is 1. The fraction of sp³-hybridized carbons (Fsp3) is 0.474. The van der Waals surface area contributed by atoms with Crippen LogP contribution in [0.2, 0.25) is 0 Å². The van der Waals surface area contributed by atoms with Crippen molar-refractivity contribution in [1.82, 2.24) is 15.6 Å². The molecule has 1 saturated heterocycles. The quantitative estimate of drug-likeness (QED) is 0.623. The summed E-state index contributed by atoms with van der Waals surface area (Å²) in [6.07, 6.45) is 1.07. The molecule has 0 aliphatic carbocycles. The molecule has 2 N–H and O–H groups in total. The van der Waals surface area contributed by atoms with Gasteiger partial charge in [-0.05, 0) is 32.4 Å². The Bertz CT molecular complexity index is 773. The molecular formula is C19H27N5OS. The van der Waals surface area contributed by atoms with Gasteiger partial charge in [-0.25, -0.2) is 4.98 Å². The Morgan fingerprint density at radius 3 is 2.88 bits per heavy atom. The second-order valence-corrected chi connectivity index (χ2v) is 7.70. The molecule has 1 aliphatic rings. The van der Waals surface area contributed by atoms with Gasteiger partial charge < -0.3 is 20.3 Å². The number of para-hydroxylation sites is 2. The van der Waals surface area contributed by atoms with Crippen molar-refractivity contribution in [3.63, 3.8) is 0 Å². The molecule has 140 valence electrons. The summed E-state index contributed by atoms with van der Waals surface area (Å²) in [5, 5.41) is 8.05. The minimum Gasteiger partial charge on any atom is -0.495 e. The number of aromatic nitrogens is 1. The third-order valence-corrected chi connectivity index (χ3v) is 5.67. The molecule has 1 aromatic heterocycles. The lowest BCUT2D eigenvalue weighted by molar-refractivity contribution is 0.415. The lowest BCUT2D eigenvalue weighted by atomic mass is 10.2. The standard InChI is InChI=1S/C19H27N5OS/c1-13-18(26-14(2)22-13)11-21-19(20-3)23-15-9-10-24(12-15)16-7-5-6-8-17(16)25-4/h5-8,15H,9-12H2,1-4H3,(H2,20,21,23). The fourth-order valence-electron chi connectivity index (χ4n) is 3.28. The van der Waals surface area contributed by atoms with Crippen molar-refractivity contribution < 1.29 is 4.74 Å². The van der Waals surface area contributed by atoms with Gasteiger partial charge in [0.15, 0.2) is 5.96 Å². The third kappa shape index (κ3) is 4.27. The first kappa shape index (κ1) is 18.5. The number of rotatable bonds is 5. The fourth-order valence-corrected chi connectivity index (χ4v) is 4.15. The van der Waals surface area contributed by atoms with Gasteiger partial charge in [-0.2, -0.15) is 0 Å². The van der Waals surface area contributed by atoms with E-state index in [1.165, 1.54) is 4.88 Å². The largest absolute Gasteiger partial charge is 0.495 e. The lowest BCUT2D eigenvalue weighted by Crippen LogP contribution is -2.44. The van der Waals surface area contributed by atoms with E-state index in [0.717, 1.165) is 54.2 Å². The van der Waals surface area contributed by atoms with Crippen LogP contribution in [-0.4, -0.2) is 44.2 Å². The molecule has 2 aromatic rings. The Morgan fingerprint density at radius 2 is 2.19 bits per heavy atom. The number of aryl methyl sites for hydroxylation is 2. The molecule has 0 bridgehead atoms. The van der Waals surface area contributed by atoms with E-state index < -0.39 is 0 Å². The van der Waals surface area contributed by atoms with Crippen molar-refractivity contribution in [2.24, 2.45) is 4.99 Å². The average molecular weight is 374 g/mol. The molecule has 1 aliphatic heterocycles. The van der Waals surface area contributed by atoms with Crippen LogP contribution in [0.15, 0.2) is 29.3 Å². The number of nitrogens with one attached hydrogen (secondary N) is 2. The summed E-state index contributed by atoms with van der Waals surface area (Å²) in [6, 6.07) is 8.54. The third-order valence-electron chi connectivity index (χ3n) is 4.59. The van der Waals surface area contributed by atoms with E-state index in [1.807, 2.05) is 26.1 Å². The maximum absolute atomic E-state index is 5.49. The second kappa shape index (κ2) is 8.40. The first-order valence-corrected chi connectivity index (χ1v) is 9.70. The molecule has 26 heavy (non-hydrogen) atoms. The van der Waals surface area contributed by atoms with Crippen molar-refractivity contribution in [3.05, 3.63) is 39.8 Å². The van der Waals surface area contributed by atoms with Crippen LogP contribution in [0.5, 0.6) is 5.75 Å². The van der Waals surface area contributed by atoms with Crippen LogP contribution >= 0.6 is 11.3 Å². The van der Waals surface area contributed by atoms with Crippen molar-refractivity contribution in [3.8, 4) is 5.75 Å². The van der Waals surface area contributed by atoms with Gasteiger partial charge in [-0.3, -0.25) is 4.99 Å². The Balaban J connectivity index is 1.56. The summed E-state index contributed by atoms with van der Waals surface area (Å²) in [7, 11) is 3.53. The van der Waals surface area contributed by atoms with Gasteiger partial charge >= 0.3 is 0 Å². The molecule has 6 nitrogen and oxygen atoms in total. The maximum Gasteiger partial charge on any atom is 0.191 e. The van der Waals surface area contributed by atoms with E-state index in [2.05, 4.69) is 44.6 Å². The highest BCUT2D eigenvalue weighted by Gasteiger charge is 2.25. The topological polar surface area (TPSA) is 61.8 Å². The zero-order chi connectivity index (χ0) is 18.5. The lowest BCUT2D eigenvalue weighted by Gasteiger charge is -2.22. The Kier molecular flexibility index (Phi) is 5.98. The predicted molar refractivity (Wildman–Crippen MR) is 109 cm³/mol. The van der Waals surface area contributed by atoms with Crippen molar-refractivity contribution >= 4 is 23.0 Å². The van der Waals surface area contributed by atoms with Gasteiger partial charge in [0.1, 0.15) is 5.75 Å². The molecule has 0 spiro atoms. The average Bonchev–Trinajstić information content (AvgIpc) is 3.24. The van der Waals surface area contributed by atoms with E-state index in [9.17, 15) is 0 Å². The van der Waals surface area contributed by atoms with Crippen LogP contribution < -0.4 is 20.3 Å². The number of methoxy groups -OCH3 is 1. The maximum atomic E-state index is 5.49. The summed E-state index contributed by atoms with van der Waals surface area (Å²) in [6.45, 7) is 6.78. The summed E-state index contributed by atoms with van der Waals surface area (Å²) in [5.41, 5.74) is 2.25. The Hall–Kier alpha value is -2.28. The SMILES string of the molecule is CN=C(NCc1sc(C)nc1C)NC1CCN(c2ccccc2OC)C1. The highest BCUT2D eigenvalue weighted by atomic mass is 32.1. The number of nitrogens with zero attached hydrogens (tertiary/aromatic N) is 3. The number of thiazole rings is 1. The minimum atomic E-state index is 0.357. The Morgan fingerprint density at radius 1 is 1.38 bits per heavy atom. The van der Waals surface area contributed by atoms with E-state index in [4.69, 9.17) is 4.74 Å². The zero-order valence-corrected chi connectivity index (χ0v) is 16.7. The number of aliphatic imine (C=N–C) groups is 1. The summed E-state index contributed by atoms with van der Waals surface area (Å²) >= 11 is 1.73. The van der Waals surface area contributed by atoms with Gasteiger partial charge in [0, 0.05) is 31.1 Å². The molecule has 3 rings (SSSR count). The molecule has 1 aromatic carbocycles. The van der Waals surface area contributed by atoms with E-state index in [-0.39, 0.29) is 0 Å². The van der Waals surface area contributed by atoms with Crippen LogP contribution in [0.25, 0.3) is 0 Å². The minimum absolute atomic E-state index is 0.357. The van der Waals surface area contributed by atoms with E-state index in [1.54, 1.807) is 18.4 Å². The molecular weight excluding hydrogens is 346 g/mol. The first-order valence-electron chi connectivity index (χ1n) is 8.88. The first-order chi connectivity index (χ1) is 12.6. The molecule has 1 atom stereocenters. The molecule has 2 heterocycles. The van der Waals surface area contributed by atoms with Gasteiger partial charge in [0.05, 0.1) is 30.0 Å². The highest BCUT2D eigenvalue weighted by molar-refractivity contribution is 7.11. The van der Waals surface area contributed by atoms with E-state index in [0.29, 0.717) is 6.04 Å². The molecule has 0 amide bonds. The second-order valence-electron chi connectivity index (χ2n) is 6.42. The summed E-state index contributed by atoms with van der Waals surface area (Å²) in [4.78, 5) is 12.5. The number of ether oxygens (including phenoxy) is 1. The molecule has 1 fully saturated rings. The normalized spacial score (nSPS) is 17.5. The van der Waals surface area contributed by atoms with Crippen molar-refractivity contribution in [2.75, 3.05) is 32.1 Å². The van der Waals surface area contributed by atoms with Crippen molar-refractivity contribution in [2.45, 2.75) is 32.9 Å². The van der Waals surface area contributed by atoms with Gasteiger partial charge in [0.25, 0.3) is 0 Å². The molecule has 7 heteroatoms. The van der Waals surface area contributed by atoms with Gasteiger partial charge in [-0.15, -0.1) is 11.3 Å². The van der Waals surface area contributed by atoms with Crippen LogP contribution in [0, 0.1) is 13.8 Å². The van der Waals surface area contributed by atoms with E-state index >= 15 is 0 Å². The predicted octanol–water partition coefficient (Wildman–Crippen LogP) is 2.71. The van der Waals surface area contributed by atoms with Crippen LogP contribution in [0.4, 0.5) is 5.69 Å². The number of hydrogen-bond donors (Lipinski definition) is 2. The number of anilines is 1.